The van der Waals surface area contributed by atoms with Gasteiger partial charge >= 0.3 is 0 Å². The lowest BCUT2D eigenvalue weighted by molar-refractivity contribution is -0.135. The summed E-state index contributed by atoms with van der Waals surface area (Å²) < 4.78 is 23.1. The minimum Gasteiger partial charge on any atom is -0.355 e. The van der Waals surface area contributed by atoms with Gasteiger partial charge in [0.1, 0.15) is 0 Å². The molecule has 0 aliphatic carbocycles. The van der Waals surface area contributed by atoms with E-state index in [0.717, 1.165) is 71.2 Å². The fraction of sp³-hybridized carbons (Fsp3) is 0.895. The Hall–Kier alpha value is -1.39. The van der Waals surface area contributed by atoms with Crippen molar-refractivity contribution in [3.05, 3.63) is 0 Å². The highest BCUT2D eigenvalue weighted by molar-refractivity contribution is 7.91. The number of guanidine groups is 1. The van der Waals surface area contributed by atoms with Crippen molar-refractivity contribution in [2.45, 2.75) is 25.8 Å². The van der Waals surface area contributed by atoms with Crippen molar-refractivity contribution < 1.29 is 13.2 Å². The molecular weight excluding hydrogens is 392 g/mol. The number of sulfone groups is 1. The van der Waals surface area contributed by atoms with Crippen molar-refractivity contribution in [2.24, 2.45) is 4.99 Å². The van der Waals surface area contributed by atoms with Crippen molar-refractivity contribution in [1.29, 1.82) is 0 Å². The van der Waals surface area contributed by atoms with Crippen molar-refractivity contribution in [3.8, 4) is 0 Å². The van der Waals surface area contributed by atoms with E-state index in [0.29, 0.717) is 13.1 Å². The number of aliphatic imine (C=N–C) groups is 1. The maximum absolute atomic E-state index is 12.6. The van der Waals surface area contributed by atoms with E-state index in [-0.39, 0.29) is 23.5 Å². The van der Waals surface area contributed by atoms with Gasteiger partial charge in [0, 0.05) is 72.5 Å². The summed E-state index contributed by atoms with van der Waals surface area (Å²) in [5.41, 5.74) is 0. The average Bonchev–Trinajstić information content (AvgIpc) is 3.26. The molecule has 3 fully saturated rings. The van der Waals surface area contributed by atoms with Crippen LogP contribution in [0.5, 0.6) is 0 Å². The molecule has 0 aromatic carbocycles. The lowest BCUT2D eigenvalue weighted by atomic mass is 10.2. The zero-order valence-corrected chi connectivity index (χ0v) is 18.7. The van der Waals surface area contributed by atoms with Gasteiger partial charge in [0.15, 0.2) is 15.8 Å². The predicted octanol–water partition coefficient (Wildman–Crippen LogP) is -1.08. The van der Waals surface area contributed by atoms with Crippen LogP contribution in [0.15, 0.2) is 4.99 Å². The molecule has 3 heterocycles. The summed E-state index contributed by atoms with van der Waals surface area (Å²) in [6.45, 7) is 10.0. The van der Waals surface area contributed by atoms with Gasteiger partial charge in [0.2, 0.25) is 5.91 Å². The normalized spacial score (nSPS) is 25.2. The summed E-state index contributed by atoms with van der Waals surface area (Å²) >= 11 is 0. The minimum absolute atomic E-state index is 0.0550. The molecule has 1 amide bonds. The molecule has 3 aliphatic heterocycles. The Kier molecular flexibility index (Phi) is 7.75. The topological polar surface area (TPSA) is 88.6 Å². The van der Waals surface area contributed by atoms with Crippen LogP contribution in [0, 0.1) is 0 Å². The van der Waals surface area contributed by atoms with Crippen LogP contribution in [0.1, 0.15) is 19.8 Å². The van der Waals surface area contributed by atoms with Crippen molar-refractivity contribution in [2.75, 3.05) is 84.0 Å². The third-order valence-electron chi connectivity index (χ3n) is 6.30. The second-order valence-corrected chi connectivity index (χ2v) is 10.5. The van der Waals surface area contributed by atoms with Crippen LogP contribution >= 0.6 is 0 Å². The summed E-state index contributed by atoms with van der Waals surface area (Å²) in [7, 11) is -1.04. The lowest BCUT2D eigenvalue weighted by Crippen LogP contribution is -2.57. The highest BCUT2D eigenvalue weighted by Crippen LogP contribution is 2.14. The molecule has 29 heavy (non-hydrogen) atoms. The first kappa shape index (κ1) is 22.3. The van der Waals surface area contributed by atoms with Crippen LogP contribution in [-0.4, -0.2) is 130 Å². The van der Waals surface area contributed by atoms with Gasteiger partial charge in [0.25, 0.3) is 0 Å². The molecule has 3 aliphatic rings. The Bertz CT molecular complexity index is 670. The number of likely N-dealkylation sites (tertiary alicyclic amines) is 1. The number of rotatable bonds is 5. The molecule has 0 radical (unpaired) electrons. The molecule has 9 nitrogen and oxygen atoms in total. The lowest BCUT2D eigenvalue weighted by Gasteiger charge is -2.39. The number of carbonyl (C=O) groups excluding carboxylic acids is 1. The summed E-state index contributed by atoms with van der Waals surface area (Å²) in [5, 5.41) is 3.41. The predicted molar refractivity (Wildman–Crippen MR) is 115 cm³/mol. The maximum atomic E-state index is 12.6. The van der Waals surface area contributed by atoms with E-state index in [9.17, 15) is 13.2 Å². The Morgan fingerprint density at radius 2 is 1.59 bits per heavy atom. The molecule has 0 bridgehead atoms. The number of piperazine rings is 1. The van der Waals surface area contributed by atoms with Crippen LogP contribution in [0.4, 0.5) is 0 Å². The van der Waals surface area contributed by atoms with Crippen LogP contribution in [0.25, 0.3) is 0 Å². The second kappa shape index (κ2) is 10.1. The van der Waals surface area contributed by atoms with E-state index >= 15 is 0 Å². The van der Waals surface area contributed by atoms with Crippen molar-refractivity contribution >= 4 is 21.7 Å². The highest BCUT2D eigenvalue weighted by Gasteiger charge is 2.30. The molecule has 1 atom stereocenters. The van der Waals surface area contributed by atoms with E-state index in [2.05, 4.69) is 25.0 Å². The van der Waals surface area contributed by atoms with E-state index in [1.807, 2.05) is 11.8 Å². The first-order valence-electron chi connectivity index (χ1n) is 10.8. The quantitative estimate of drug-likeness (QED) is 0.440. The summed E-state index contributed by atoms with van der Waals surface area (Å²) in [5.74, 6) is 1.67. The summed E-state index contributed by atoms with van der Waals surface area (Å²) in [4.78, 5) is 25.8. The first-order chi connectivity index (χ1) is 13.9. The van der Waals surface area contributed by atoms with Crippen LogP contribution in [0.3, 0.4) is 0 Å². The van der Waals surface area contributed by atoms with E-state index in [4.69, 9.17) is 0 Å². The van der Waals surface area contributed by atoms with Crippen LogP contribution in [0.2, 0.25) is 0 Å². The van der Waals surface area contributed by atoms with E-state index in [1.54, 1.807) is 7.05 Å². The van der Waals surface area contributed by atoms with Crippen LogP contribution < -0.4 is 5.32 Å². The molecule has 3 saturated heterocycles. The largest absolute Gasteiger partial charge is 0.355 e. The zero-order valence-electron chi connectivity index (χ0n) is 17.8. The number of hydrogen-bond donors (Lipinski definition) is 1. The third kappa shape index (κ3) is 6.05. The minimum atomic E-state index is -2.83. The molecule has 0 saturated carbocycles. The smallest absolute Gasteiger partial charge is 0.239 e. The number of hydrogen-bond acceptors (Lipinski definition) is 6. The fourth-order valence-corrected chi connectivity index (χ4v) is 5.59. The Morgan fingerprint density at radius 1 is 0.966 bits per heavy atom. The van der Waals surface area contributed by atoms with E-state index in [1.165, 1.54) is 0 Å². The first-order valence-corrected chi connectivity index (χ1v) is 12.6. The van der Waals surface area contributed by atoms with Gasteiger partial charge in [0.05, 0.1) is 17.5 Å². The Balaban J connectivity index is 1.39. The van der Waals surface area contributed by atoms with Crippen molar-refractivity contribution in [3.63, 3.8) is 0 Å². The molecular formula is C19H36N6O3S. The van der Waals surface area contributed by atoms with Gasteiger partial charge in [-0.05, 0) is 19.8 Å². The molecule has 0 spiro atoms. The van der Waals surface area contributed by atoms with Gasteiger partial charge in [-0.25, -0.2) is 8.42 Å². The average molecular weight is 429 g/mol. The number of nitrogens with zero attached hydrogens (tertiary/aromatic N) is 5. The van der Waals surface area contributed by atoms with Gasteiger partial charge in [-0.1, -0.05) is 0 Å². The Morgan fingerprint density at radius 3 is 2.17 bits per heavy atom. The monoisotopic (exact) mass is 428 g/mol. The molecule has 10 heteroatoms. The number of nitrogens with one attached hydrogen (secondary N) is 1. The van der Waals surface area contributed by atoms with Gasteiger partial charge in [-0.15, -0.1) is 0 Å². The molecule has 3 rings (SSSR count). The molecule has 166 valence electrons. The molecule has 1 unspecified atom stereocenters. The standard InChI is InChI=1S/C19H36N6O3S/c1-17(18(26)24-6-3-4-7-24)23-9-11-25(12-10-23)19(20-2)21-5-8-22-13-15-29(27,28)16-14-22/h17H,3-16H2,1-2H3,(H,20,21). The summed E-state index contributed by atoms with van der Waals surface area (Å²) in [6, 6.07) is -0.0550. The van der Waals surface area contributed by atoms with Crippen LogP contribution in [-0.2, 0) is 14.6 Å². The number of carbonyl (C=O) groups is 1. The molecule has 0 aromatic rings. The van der Waals surface area contributed by atoms with E-state index < -0.39 is 9.84 Å². The maximum Gasteiger partial charge on any atom is 0.239 e. The van der Waals surface area contributed by atoms with Gasteiger partial charge in [-0.3, -0.25) is 19.6 Å². The zero-order chi connectivity index (χ0) is 20.9. The third-order valence-corrected chi connectivity index (χ3v) is 7.91. The second-order valence-electron chi connectivity index (χ2n) is 8.20. The SMILES string of the molecule is CN=C(NCCN1CCS(=O)(=O)CC1)N1CCN(C(C)C(=O)N2CCCC2)CC1. The molecule has 1 N–H and O–H groups in total. The van der Waals surface area contributed by atoms with Gasteiger partial charge in [-0.2, -0.15) is 0 Å². The van der Waals surface area contributed by atoms with Crippen molar-refractivity contribution in [1.82, 2.24) is 24.9 Å². The molecule has 0 aromatic heterocycles. The number of amides is 1. The fourth-order valence-electron chi connectivity index (χ4n) is 4.31. The Labute approximate surface area is 175 Å². The van der Waals surface area contributed by atoms with Gasteiger partial charge < -0.3 is 15.1 Å². The summed E-state index contributed by atoms with van der Waals surface area (Å²) in [6.07, 6.45) is 2.25. The highest BCUT2D eigenvalue weighted by atomic mass is 32.2.